The summed E-state index contributed by atoms with van der Waals surface area (Å²) in [5, 5.41) is 10.9. The van der Waals surface area contributed by atoms with Crippen LogP contribution in [0.1, 0.15) is 5.56 Å². The average Bonchev–Trinajstić information content (AvgIpc) is 2.46. The number of nitro groups is 1. The molecule has 0 amide bonds. The lowest BCUT2D eigenvalue weighted by molar-refractivity contribution is -0.384. The fraction of sp³-hybridized carbons (Fsp3) is 0.143. The number of hydrogen-bond acceptors (Lipinski definition) is 4. The number of ether oxygens (including phenoxy) is 2. The number of rotatable bonds is 5. The minimum absolute atomic E-state index is 0.0296. The highest BCUT2D eigenvalue weighted by atomic mass is 35.5. The van der Waals surface area contributed by atoms with Gasteiger partial charge < -0.3 is 9.47 Å². The summed E-state index contributed by atoms with van der Waals surface area (Å²) >= 11 is 5.90. The molecule has 0 aliphatic carbocycles. The minimum atomic E-state index is -0.545. The quantitative estimate of drug-likeness (QED) is 0.619. The number of nitro benzene ring substituents is 1. The monoisotopic (exact) mass is 311 g/mol. The zero-order valence-electron chi connectivity index (χ0n) is 11.0. The highest BCUT2D eigenvalue weighted by molar-refractivity contribution is 6.32. The first-order valence-electron chi connectivity index (χ1n) is 5.90. The van der Waals surface area contributed by atoms with Gasteiger partial charge in [-0.1, -0.05) is 17.7 Å². The molecule has 110 valence electrons. The molecule has 0 bridgehead atoms. The maximum absolute atomic E-state index is 13.5. The fourth-order valence-corrected chi connectivity index (χ4v) is 1.85. The molecular formula is C14H11ClFNO4. The van der Waals surface area contributed by atoms with E-state index in [0.717, 1.165) is 0 Å². The average molecular weight is 312 g/mol. The third-order valence-corrected chi connectivity index (χ3v) is 3.05. The van der Waals surface area contributed by atoms with E-state index in [2.05, 4.69) is 0 Å². The van der Waals surface area contributed by atoms with E-state index >= 15 is 0 Å². The maximum Gasteiger partial charge on any atom is 0.273 e. The van der Waals surface area contributed by atoms with Crippen molar-refractivity contribution in [2.24, 2.45) is 0 Å². The van der Waals surface area contributed by atoms with Crippen LogP contribution in [-0.2, 0) is 6.61 Å². The summed E-state index contributed by atoms with van der Waals surface area (Å²) in [5.41, 5.74) is 0.422. The summed E-state index contributed by atoms with van der Waals surface area (Å²) in [5.74, 6) is -0.210. The number of nitrogens with zero attached hydrogens (tertiary/aromatic N) is 1. The van der Waals surface area contributed by atoms with Gasteiger partial charge in [-0.2, -0.15) is 0 Å². The first-order chi connectivity index (χ1) is 10.0. The van der Waals surface area contributed by atoms with Gasteiger partial charge in [-0.25, -0.2) is 4.39 Å². The molecule has 0 fully saturated rings. The highest BCUT2D eigenvalue weighted by Crippen LogP contribution is 2.29. The summed E-state index contributed by atoms with van der Waals surface area (Å²) in [6.45, 7) is 0.0296. The molecule has 0 unspecified atom stereocenters. The van der Waals surface area contributed by atoms with Crippen molar-refractivity contribution < 1.29 is 18.8 Å². The van der Waals surface area contributed by atoms with Crippen molar-refractivity contribution in [3.05, 3.63) is 62.9 Å². The Kier molecular flexibility index (Phi) is 4.59. The molecular weight excluding hydrogens is 301 g/mol. The van der Waals surface area contributed by atoms with Crippen LogP contribution in [-0.4, -0.2) is 12.0 Å². The summed E-state index contributed by atoms with van der Waals surface area (Å²) in [6.07, 6.45) is 0. The van der Waals surface area contributed by atoms with Gasteiger partial charge in [0.05, 0.1) is 23.1 Å². The van der Waals surface area contributed by atoms with E-state index in [1.54, 1.807) is 6.07 Å². The van der Waals surface area contributed by atoms with E-state index in [0.29, 0.717) is 5.56 Å². The van der Waals surface area contributed by atoms with Crippen LogP contribution < -0.4 is 9.47 Å². The molecule has 0 saturated carbocycles. The van der Waals surface area contributed by atoms with Crippen molar-refractivity contribution in [2.45, 2.75) is 6.61 Å². The van der Waals surface area contributed by atoms with Gasteiger partial charge in [0, 0.05) is 6.07 Å². The van der Waals surface area contributed by atoms with Crippen LogP contribution in [0, 0.1) is 15.9 Å². The second-order valence-electron chi connectivity index (χ2n) is 4.13. The van der Waals surface area contributed by atoms with Crippen LogP contribution in [0.15, 0.2) is 36.4 Å². The predicted molar refractivity (Wildman–Crippen MR) is 75.4 cm³/mol. The topological polar surface area (TPSA) is 61.6 Å². The lowest BCUT2D eigenvalue weighted by atomic mass is 10.2. The van der Waals surface area contributed by atoms with Crippen LogP contribution in [0.25, 0.3) is 0 Å². The molecule has 7 heteroatoms. The number of non-ortho nitro benzene ring substituents is 1. The van der Waals surface area contributed by atoms with Crippen molar-refractivity contribution in [3.8, 4) is 11.5 Å². The van der Waals surface area contributed by atoms with Crippen molar-refractivity contribution in [1.82, 2.24) is 0 Å². The SMILES string of the molecule is COc1ccc(COc2cc([N+](=O)[O-])ccc2Cl)cc1F. The molecule has 2 aromatic carbocycles. The smallest absolute Gasteiger partial charge is 0.273 e. The molecule has 0 aromatic heterocycles. The second kappa shape index (κ2) is 6.41. The molecule has 0 atom stereocenters. The van der Waals surface area contributed by atoms with Gasteiger partial charge in [0.25, 0.3) is 5.69 Å². The Morgan fingerprint density at radius 1 is 1.24 bits per heavy atom. The standard InChI is InChI=1S/C14H11ClFNO4/c1-20-13-5-2-9(6-12(13)16)8-21-14-7-10(17(18)19)3-4-11(14)15/h2-7H,8H2,1H3. The normalized spacial score (nSPS) is 10.2. The Hall–Kier alpha value is -2.34. The summed E-state index contributed by atoms with van der Waals surface area (Å²) in [7, 11) is 1.37. The van der Waals surface area contributed by atoms with E-state index in [4.69, 9.17) is 21.1 Å². The van der Waals surface area contributed by atoms with Gasteiger partial charge >= 0.3 is 0 Å². The third kappa shape index (κ3) is 3.61. The van der Waals surface area contributed by atoms with Gasteiger partial charge in [-0.3, -0.25) is 10.1 Å². The molecule has 5 nitrogen and oxygen atoms in total. The molecule has 0 N–H and O–H groups in total. The Balaban J connectivity index is 2.14. The zero-order chi connectivity index (χ0) is 15.4. The fourth-order valence-electron chi connectivity index (χ4n) is 1.68. The van der Waals surface area contributed by atoms with Gasteiger partial charge in [0.1, 0.15) is 12.4 Å². The van der Waals surface area contributed by atoms with Crippen molar-refractivity contribution >= 4 is 17.3 Å². The largest absolute Gasteiger partial charge is 0.494 e. The Morgan fingerprint density at radius 2 is 2.00 bits per heavy atom. The molecule has 0 aliphatic rings. The van der Waals surface area contributed by atoms with E-state index in [1.807, 2.05) is 0 Å². The van der Waals surface area contributed by atoms with Gasteiger partial charge in [-0.05, 0) is 23.8 Å². The predicted octanol–water partition coefficient (Wildman–Crippen LogP) is 3.97. The first kappa shape index (κ1) is 15.1. The van der Waals surface area contributed by atoms with Crippen molar-refractivity contribution in [2.75, 3.05) is 7.11 Å². The number of methoxy groups -OCH3 is 1. The Bertz CT molecular complexity index is 678. The third-order valence-electron chi connectivity index (χ3n) is 2.74. The molecule has 0 saturated heterocycles. The molecule has 0 heterocycles. The van der Waals surface area contributed by atoms with Crippen LogP contribution in [0.4, 0.5) is 10.1 Å². The highest BCUT2D eigenvalue weighted by Gasteiger charge is 2.11. The van der Waals surface area contributed by atoms with Crippen LogP contribution in [0.5, 0.6) is 11.5 Å². The van der Waals surface area contributed by atoms with Gasteiger partial charge in [0.2, 0.25) is 0 Å². The molecule has 0 aliphatic heterocycles. The lowest BCUT2D eigenvalue weighted by Crippen LogP contribution is -1.98. The van der Waals surface area contributed by atoms with E-state index in [9.17, 15) is 14.5 Å². The summed E-state index contributed by atoms with van der Waals surface area (Å²) in [4.78, 5) is 10.2. The molecule has 0 spiro atoms. The molecule has 21 heavy (non-hydrogen) atoms. The summed E-state index contributed by atoms with van der Waals surface area (Å²) < 4.78 is 23.7. The number of halogens is 2. The van der Waals surface area contributed by atoms with E-state index < -0.39 is 10.7 Å². The van der Waals surface area contributed by atoms with Crippen molar-refractivity contribution in [1.29, 1.82) is 0 Å². The van der Waals surface area contributed by atoms with Crippen LogP contribution in [0.2, 0.25) is 5.02 Å². The number of benzene rings is 2. The first-order valence-corrected chi connectivity index (χ1v) is 6.28. The number of hydrogen-bond donors (Lipinski definition) is 0. The van der Waals surface area contributed by atoms with Gasteiger partial charge in [0.15, 0.2) is 11.6 Å². The minimum Gasteiger partial charge on any atom is -0.494 e. The molecule has 2 rings (SSSR count). The van der Waals surface area contributed by atoms with E-state index in [-0.39, 0.29) is 28.8 Å². The van der Waals surface area contributed by atoms with Crippen LogP contribution >= 0.6 is 11.6 Å². The van der Waals surface area contributed by atoms with Crippen LogP contribution in [0.3, 0.4) is 0 Å². The second-order valence-corrected chi connectivity index (χ2v) is 4.54. The Labute approximate surface area is 125 Å². The molecule has 0 radical (unpaired) electrons. The summed E-state index contributed by atoms with van der Waals surface area (Å²) in [6, 6.07) is 8.26. The van der Waals surface area contributed by atoms with Crippen molar-refractivity contribution in [3.63, 3.8) is 0 Å². The maximum atomic E-state index is 13.5. The lowest BCUT2D eigenvalue weighted by Gasteiger charge is -2.09. The molecule has 2 aromatic rings. The van der Waals surface area contributed by atoms with Gasteiger partial charge in [-0.15, -0.1) is 0 Å². The zero-order valence-corrected chi connectivity index (χ0v) is 11.8. The Morgan fingerprint density at radius 3 is 2.62 bits per heavy atom. The van der Waals surface area contributed by atoms with E-state index in [1.165, 1.54) is 37.4 Å².